The van der Waals surface area contributed by atoms with Gasteiger partial charge in [-0.3, -0.25) is 24.1 Å². The molecule has 2 aliphatic rings. The maximum atomic E-state index is 13.4. The van der Waals surface area contributed by atoms with Crippen molar-refractivity contribution in [1.82, 2.24) is 15.3 Å². The molecule has 1 aromatic heterocycles. The number of carbonyl (C=O) groups is 3. The Bertz CT molecular complexity index is 1220. The number of likely N-dealkylation sites (tertiary alicyclic amines) is 1. The Balaban J connectivity index is 1.24. The maximum absolute atomic E-state index is 13.4. The molecule has 1 N–H and O–H groups in total. The van der Waals surface area contributed by atoms with Gasteiger partial charge in [-0.2, -0.15) is 5.06 Å². The highest BCUT2D eigenvalue weighted by atomic mass is 32.1. The van der Waals surface area contributed by atoms with E-state index in [4.69, 9.17) is 9.57 Å². The second kappa shape index (κ2) is 10.6. The first kappa shape index (κ1) is 24.2. The first-order valence-electron chi connectivity index (χ1n) is 11.8. The second-order valence-electron chi connectivity index (χ2n) is 8.78. The molecule has 3 unspecified atom stereocenters. The van der Waals surface area contributed by atoms with Crippen molar-refractivity contribution in [1.29, 1.82) is 0 Å². The van der Waals surface area contributed by atoms with Crippen molar-refractivity contribution >= 4 is 29.1 Å². The van der Waals surface area contributed by atoms with Gasteiger partial charge in [-0.1, -0.05) is 48.5 Å². The molecule has 3 aromatic rings. The number of ether oxygens (including phenoxy) is 1. The molecule has 186 valence electrons. The Morgan fingerprint density at radius 1 is 1.00 bits per heavy atom. The summed E-state index contributed by atoms with van der Waals surface area (Å²) in [7, 11) is 1.62. The van der Waals surface area contributed by atoms with Crippen molar-refractivity contribution in [3.63, 3.8) is 0 Å². The van der Waals surface area contributed by atoms with E-state index in [0.29, 0.717) is 13.0 Å². The van der Waals surface area contributed by atoms with Crippen LogP contribution in [-0.4, -0.2) is 54.0 Å². The van der Waals surface area contributed by atoms with Gasteiger partial charge in [0.1, 0.15) is 12.3 Å². The average Bonchev–Trinajstić information content (AvgIpc) is 3.60. The van der Waals surface area contributed by atoms with Gasteiger partial charge in [-0.15, -0.1) is 11.3 Å². The van der Waals surface area contributed by atoms with E-state index in [1.165, 1.54) is 21.3 Å². The van der Waals surface area contributed by atoms with E-state index in [1.54, 1.807) is 7.11 Å². The fraction of sp³-hybridized carbons (Fsp3) is 0.296. The highest BCUT2D eigenvalue weighted by Crippen LogP contribution is 2.45. The van der Waals surface area contributed by atoms with Crippen molar-refractivity contribution in [2.45, 2.75) is 25.1 Å². The Morgan fingerprint density at radius 2 is 1.78 bits per heavy atom. The van der Waals surface area contributed by atoms with Crippen molar-refractivity contribution in [2.75, 3.05) is 20.2 Å². The van der Waals surface area contributed by atoms with E-state index in [2.05, 4.69) is 5.32 Å². The summed E-state index contributed by atoms with van der Waals surface area (Å²) in [6.45, 7) is 0.591. The lowest BCUT2D eigenvalue weighted by Gasteiger charge is -2.25. The molecule has 2 fully saturated rings. The third kappa shape index (κ3) is 4.90. The zero-order valence-electron chi connectivity index (χ0n) is 19.8. The number of benzene rings is 2. The number of amides is 3. The van der Waals surface area contributed by atoms with Crippen molar-refractivity contribution in [3.05, 3.63) is 88.1 Å². The summed E-state index contributed by atoms with van der Waals surface area (Å²) in [5.41, 5.74) is 1.95. The van der Waals surface area contributed by atoms with Crippen LogP contribution in [0.2, 0.25) is 0 Å². The first-order valence-corrected chi connectivity index (χ1v) is 12.7. The predicted octanol–water partition coefficient (Wildman–Crippen LogP) is 2.96. The number of imide groups is 1. The smallest absolute Gasteiger partial charge is 0.261 e. The van der Waals surface area contributed by atoms with E-state index >= 15 is 0 Å². The molecule has 0 radical (unpaired) electrons. The van der Waals surface area contributed by atoms with Gasteiger partial charge in [-0.05, 0) is 41.1 Å². The number of hydroxylamine groups is 2. The summed E-state index contributed by atoms with van der Waals surface area (Å²) in [6.07, 6.45) is -0.262. The molecule has 5 rings (SSSR count). The fourth-order valence-corrected chi connectivity index (χ4v) is 5.57. The molecule has 0 spiro atoms. The number of hydrogen-bond acceptors (Lipinski definition) is 7. The van der Waals surface area contributed by atoms with Gasteiger partial charge in [0.2, 0.25) is 11.8 Å². The monoisotopic (exact) mass is 505 g/mol. The standard InChI is InChI=1S/C27H27N3O5S/c1-34-20-11-9-18(10-12-20)13-14-28-22(31)17-30-24(21-8-5-15-36-21)23-25(35-30)27(33)29(26(23)32)16-19-6-3-2-4-7-19/h2-12,15,23-25H,13-14,16-17H2,1H3,(H,28,31). The lowest BCUT2D eigenvalue weighted by atomic mass is 9.95. The van der Waals surface area contributed by atoms with Crippen molar-refractivity contribution in [2.24, 2.45) is 5.92 Å². The van der Waals surface area contributed by atoms with Crippen LogP contribution in [0.3, 0.4) is 0 Å². The molecule has 3 amide bonds. The number of hydrogen-bond donors (Lipinski definition) is 1. The largest absolute Gasteiger partial charge is 0.497 e. The lowest BCUT2D eigenvalue weighted by Crippen LogP contribution is -2.41. The summed E-state index contributed by atoms with van der Waals surface area (Å²) >= 11 is 1.48. The lowest BCUT2D eigenvalue weighted by molar-refractivity contribution is -0.182. The van der Waals surface area contributed by atoms with Gasteiger partial charge < -0.3 is 10.1 Å². The Morgan fingerprint density at radius 3 is 2.47 bits per heavy atom. The molecule has 8 nitrogen and oxygen atoms in total. The number of methoxy groups -OCH3 is 1. The van der Waals surface area contributed by atoms with E-state index in [1.807, 2.05) is 72.1 Å². The number of fused-ring (bicyclic) bond motifs is 1. The zero-order valence-corrected chi connectivity index (χ0v) is 20.6. The van der Waals surface area contributed by atoms with Gasteiger partial charge in [-0.25, -0.2) is 0 Å². The third-order valence-electron chi connectivity index (χ3n) is 6.50. The number of nitrogens with zero attached hydrogens (tertiary/aromatic N) is 2. The van der Waals surface area contributed by atoms with Gasteiger partial charge in [0.25, 0.3) is 5.91 Å². The quantitative estimate of drug-likeness (QED) is 0.450. The third-order valence-corrected chi connectivity index (χ3v) is 7.44. The summed E-state index contributed by atoms with van der Waals surface area (Å²) in [4.78, 5) is 47.5. The van der Waals surface area contributed by atoms with Crippen LogP contribution in [0, 0.1) is 5.92 Å². The fourth-order valence-electron chi connectivity index (χ4n) is 4.70. The second-order valence-corrected chi connectivity index (χ2v) is 9.76. The molecular formula is C27H27N3O5S. The Hall–Kier alpha value is -3.53. The average molecular weight is 506 g/mol. The normalized spacial score (nSPS) is 21.6. The summed E-state index contributed by atoms with van der Waals surface area (Å²) in [6, 6.07) is 20.4. The van der Waals surface area contributed by atoms with E-state index in [-0.39, 0.29) is 30.8 Å². The zero-order chi connectivity index (χ0) is 25.1. The molecule has 9 heteroatoms. The number of carbonyl (C=O) groups excluding carboxylic acids is 3. The van der Waals surface area contributed by atoms with Crippen LogP contribution in [-0.2, 0) is 32.2 Å². The summed E-state index contributed by atoms with van der Waals surface area (Å²) in [5.74, 6) is -0.768. The molecule has 0 saturated carbocycles. The van der Waals surface area contributed by atoms with Crippen molar-refractivity contribution < 1.29 is 24.0 Å². The van der Waals surface area contributed by atoms with Crippen LogP contribution in [0.4, 0.5) is 0 Å². The van der Waals surface area contributed by atoms with Crippen LogP contribution in [0.5, 0.6) is 5.75 Å². The SMILES string of the molecule is COc1ccc(CCNC(=O)CN2OC3C(=O)N(Cc4ccccc4)C(=O)C3C2c2cccs2)cc1. The van der Waals surface area contributed by atoms with Gasteiger partial charge in [0.05, 0.1) is 25.6 Å². The molecule has 3 heterocycles. The number of thiophene rings is 1. The van der Waals surface area contributed by atoms with E-state index in [9.17, 15) is 14.4 Å². The molecule has 0 bridgehead atoms. The van der Waals surface area contributed by atoms with Crippen molar-refractivity contribution in [3.8, 4) is 5.75 Å². The number of rotatable bonds is 9. The predicted molar refractivity (Wildman–Crippen MR) is 134 cm³/mol. The van der Waals surface area contributed by atoms with Crippen LogP contribution in [0.15, 0.2) is 72.1 Å². The first-order chi connectivity index (χ1) is 17.5. The highest BCUT2D eigenvalue weighted by Gasteiger charge is 2.59. The highest BCUT2D eigenvalue weighted by molar-refractivity contribution is 7.10. The molecule has 0 aliphatic carbocycles. The minimum absolute atomic E-state index is 0.0720. The Labute approximate surface area is 213 Å². The molecule has 2 aromatic carbocycles. The van der Waals surface area contributed by atoms with Gasteiger partial charge in [0.15, 0.2) is 6.10 Å². The molecular weight excluding hydrogens is 478 g/mol. The van der Waals surface area contributed by atoms with Crippen LogP contribution < -0.4 is 10.1 Å². The van der Waals surface area contributed by atoms with Crippen LogP contribution in [0.25, 0.3) is 0 Å². The van der Waals surface area contributed by atoms with Crippen LogP contribution in [0.1, 0.15) is 22.0 Å². The van der Waals surface area contributed by atoms with Gasteiger partial charge in [0, 0.05) is 11.4 Å². The van der Waals surface area contributed by atoms with Crippen LogP contribution >= 0.6 is 11.3 Å². The molecule has 2 aliphatic heterocycles. The Kier molecular flexibility index (Phi) is 7.13. The van der Waals surface area contributed by atoms with E-state index < -0.39 is 18.1 Å². The maximum Gasteiger partial charge on any atom is 0.261 e. The van der Waals surface area contributed by atoms with Gasteiger partial charge >= 0.3 is 0 Å². The summed E-state index contributed by atoms with van der Waals surface area (Å²) < 4.78 is 5.17. The molecule has 2 saturated heterocycles. The minimum Gasteiger partial charge on any atom is -0.497 e. The minimum atomic E-state index is -0.930. The summed E-state index contributed by atoms with van der Waals surface area (Å²) in [5, 5.41) is 6.33. The topological polar surface area (TPSA) is 88.2 Å². The molecule has 3 atom stereocenters. The van der Waals surface area contributed by atoms with E-state index in [0.717, 1.165) is 21.8 Å². The number of nitrogens with one attached hydrogen (secondary N) is 1. The molecule has 36 heavy (non-hydrogen) atoms.